The van der Waals surface area contributed by atoms with Crippen LogP contribution in [0.1, 0.15) is 6.92 Å². The number of nitrogens with zero attached hydrogens (tertiary/aromatic N) is 2. The smallest absolute Gasteiger partial charge is 0.217 e. The van der Waals surface area contributed by atoms with Crippen molar-refractivity contribution in [2.45, 2.75) is 37.6 Å². The Bertz CT molecular complexity index is 892. The van der Waals surface area contributed by atoms with Gasteiger partial charge in [-0.3, -0.25) is 4.79 Å². The van der Waals surface area contributed by atoms with Crippen LogP contribution >= 0.6 is 24.4 Å². The molecule has 1 aromatic heterocycles. The van der Waals surface area contributed by atoms with E-state index in [-0.39, 0.29) is 13.2 Å². The van der Waals surface area contributed by atoms with Crippen molar-refractivity contribution in [2.75, 3.05) is 51.5 Å². The number of aliphatic imine (C=N–C) groups is 1. The van der Waals surface area contributed by atoms with Gasteiger partial charge in [-0.15, -0.1) is 0 Å². The number of hydrogen-bond donors (Lipinski definition) is 6. The number of rotatable bonds is 14. The number of carbonyl (C=O) groups is 1. The van der Waals surface area contributed by atoms with E-state index < -0.39 is 43.2 Å². The van der Waals surface area contributed by atoms with Crippen molar-refractivity contribution in [1.82, 2.24) is 15.6 Å². The fraction of sp³-hybridized carbons (Fsp3) is 0.619. The number of aromatic nitrogens is 1. The zero-order valence-electron chi connectivity index (χ0n) is 19.7. The molecule has 0 saturated carbocycles. The quantitative estimate of drug-likeness (QED) is 0.0964. The molecule has 0 aliphatic carbocycles. The molecule has 0 aromatic carbocycles. The van der Waals surface area contributed by atoms with Crippen molar-refractivity contribution >= 4 is 52.3 Å². The molecule has 13 nitrogen and oxygen atoms in total. The number of aliphatic hydroxyl groups excluding tert-OH is 3. The maximum Gasteiger partial charge on any atom is 0.217 e. The lowest BCUT2D eigenvalue weighted by atomic mass is 9.97. The molecule has 1 amide bonds. The maximum absolute atomic E-state index is 11.4. The number of ether oxygens (including phenoxy) is 4. The normalized spacial score (nSPS) is 23.4. The third-order valence-corrected chi connectivity index (χ3v) is 5.14. The number of isothiocyanates is 1. The van der Waals surface area contributed by atoms with E-state index in [4.69, 9.17) is 31.2 Å². The van der Waals surface area contributed by atoms with Gasteiger partial charge in [-0.2, -0.15) is 4.99 Å². The van der Waals surface area contributed by atoms with Gasteiger partial charge in [-0.05, 0) is 36.6 Å². The molecule has 0 bridgehead atoms. The lowest BCUT2D eigenvalue weighted by Crippen LogP contribution is -2.64. The minimum atomic E-state index is -1.36. The van der Waals surface area contributed by atoms with E-state index in [0.717, 1.165) is 0 Å². The van der Waals surface area contributed by atoms with Crippen LogP contribution in [-0.4, -0.2) is 113 Å². The van der Waals surface area contributed by atoms with E-state index in [2.05, 4.69) is 43.3 Å². The van der Waals surface area contributed by atoms with E-state index in [9.17, 15) is 20.1 Å². The van der Waals surface area contributed by atoms with Crippen LogP contribution < -0.4 is 16.0 Å². The van der Waals surface area contributed by atoms with Crippen LogP contribution in [0.15, 0.2) is 23.2 Å². The highest BCUT2D eigenvalue weighted by molar-refractivity contribution is 7.80. The average Bonchev–Trinajstić information content (AvgIpc) is 2.84. The van der Waals surface area contributed by atoms with E-state index in [1.165, 1.54) is 6.92 Å². The lowest BCUT2D eigenvalue weighted by molar-refractivity contribution is -0.272. The highest BCUT2D eigenvalue weighted by Crippen LogP contribution is 2.22. The van der Waals surface area contributed by atoms with Crippen LogP contribution in [0.4, 0.5) is 11.6 Å². The van der Waals surface area contributed by atoms with Gasteiger partial charge in [0.05, 0.1) is 44.8 Å². The predicted octanol–water partition coefficient (Wildman–Crippen LogP) is -0.904. The largest absolute Gasteiger partial charge is 0.394 e. The number of amides is 1. The second kappa shape index (κ2) is 16.6. The SMILES string of the molecule is CC(=O)NC1C(O)[C@@H](O)C(CO)O[C@H]1OCCOCCOCCNC(=S)Nc1cccc(N=C=S)n1. The van der Waals surface area contributed by atoms with Crippen molar-refractivity contribution in [3.8, 4) is 0 Å². The topological polar surface area (TPSA) is 176 Å². The van der Waals surface area contributed by atoms with Crippen LogP contribution in [0.25, 0.3) is 0 Å². The summed E-state index contributed by atoms with van der Waals surface area (Å²) in [5.41, 5.74) is 0. The summed E-state index contributed by atoms with van der Waals surface area (Å²) in [6, 6.07) is 4.21. The Labute approximate surface area is 219 Å². The second-order valence-corrected chi connectivity index (χ2v) is 8.08. The molecule has 1 aliphatic rings. The highest BCUT2D eigenvalue weighted by atomic mass is 32.1. The standard InChI is InChI=1S/C21H31N5O8S2/c1-13(28)24-17-19(30)18(29)14(11-27)34-20(17)33-10-9-32-8-7-31-6-5-22-21(36)26-16-4-2-3-15(25-16)23-12-35/h2-4,14,17-20,27,29-30H,5-11H2,1H3,(H,24,28)(H2,22,25,26,36)/t14?,17?,18-,19?,20+/m0/s1. The molecule has 0 spiro atoms. The molecule has 1 fully saturated rings. The fourth-order valence-electron chi connectivity index (χ4n) is 3.16. The van der Waals surface area contributed by atoms with Gasteiger partial charge in [0.15, 0.2) is 17.2 Å². The number of thiocarbonyl (C=S) groups is 2. The zero-order chi connectivity index (χ0) is 26.3. The maximum atomic E-state index is 11.4. The van der Waals surface area contributed by atoms with Gasteiger partial charge in [-0.1, -0.05) is 6.07 Å². The molecule has 1 aromatic rings. The summed E-state index contributed by atoms with van der Waals surface area (Å²) < 4.78 is 21.9. The minimum Gasteiger partial charge on any atom is -0.394 e. The Balaban J connectivity index is 1.55. The number of carbonyl (C=O) groups excluding carboxylic acids is 1. The Morgan fingerprint density at radius 1 is 1.19 bits per heavy atom. The minimum absolute atomic E-state index is 0.0915. The first kappa shape index (κ1) is 30.1. The van der Waals surface area contributed by atoms with Crippen LogP contribution in [0.3, 0.4) is 0 Å². The summed E-state index contributed by atoms with van der Waals surface area (Å²) in [5.74, 6) is 0.527. The first-order valence-electron chi connectivity index (χ1n) is 11.1. The second-order valence-electron chi connectivity index (χ2n) is 7.49. The van der Waals surface area contributed by atoms with Gasteiger partial charge in [0.1, 0.15) is 30.2 Å². The molecule has 1 saturated heterocycles. The third kappa shape index (κ3) is 10.4. The molecule has 200 valence electrons. The predicted molar refractivity (Wildman–Crippen MR) is 136 cm³/mol. The molecular formula is C21H31N5O8S2. The fourth-order valence-corrected chi connectivity index (χ4v) is 3.46. The monoisotopic (exact) mass is 545 g/mol. The number of nitrogens with one attached hydrogen (secondary N) is 3. The molecule has 5 atom stereocenters. The van der Waals surface area contributed by atoms with Crippen LogP contribution in [0, 0.1) is 0 Å². The highest BCUT2D eigenvalue weighted by Gasteiger charge is 2.45. The summed E-state index contributed by atoms with van der Waals surface area (Å²) in [6.45, 7) is 2.56. The summed E-state index contributed by atoms with van der Waals surface area (Å²) in [5, 5.41) is 40.6. The Morgan fingerprint density at radius 2 is 1.92 bits per heavy atom. The molecule has 0 radical (unpaired) electrons. The van der Waals surface area contributed by atoms with E-state index >= 15 is 0 Å². The van der Waals surface area contributed by atoms with E-state index in [1.807, 2.05) is 0 Å². The van der Waals surface area contributed by atoms with Crippen molar-refractivity contribution in [3.63, 3.8) is 0 Å². The van der Waals surface area contributed by atoms with Gasteiger partial charge < -0.3 is 50.2 Å². The molecule has 3 unspecified atom stereocenters. The molecule has 15 heteroatoms. The summed E-state index contributed by atoms with van der Waals surface area (Å²) in [4.78, 5) is 19.4. The van der Waals surface area contributed by atoms with Crippen molar-refractivity contribution in [1.29, 1.82) is 0 Å². The van der Waals surface area contributed by atoms with Crippen LogP contribution in [-0.2, 0) is 23.7 Å². The number of hydrogen-bond acceptors (Lipinski definition) is 12. The summed E-state index contributed by atoms with van der Waals surface area (Å²) in [7, 11) is 0. The zero-order valence-corrected chi connectivity index (χ0v) is 21.3. The number of pyridine rings is 1. The molecule has 36 heavy (non-hydrogen) atoms. The van der Waals surface area contributed by atoms with Gasteiger partial charge in [0, 0.05) is 13.5 Å². The number of aliphatic hydroxyl groups is 3. The van der Waals surface area contributed by atoms with Gasteiger partial charge in [0.2, 0.25) is 5.91 Å². The van der Waals surface area contributed by atoms with Crippen LogP contribution in [0.2, 0.25) is 0 Å². The lowest BCUT2D eigenvalue weighted by Gasteiger charge is -2.42. The molecule has 2 heterocycles. The number of anilines is 1. The summed E-state index contributed by atoms with van der Waals surface area (Å²) >= 11 is 9.77. The van der Waals surface area contributed by atoms with Gasteiger partial charge >= 0.3 is 0 Å². The molecular weight excluding hydrogens is 514 g/mol. The van der Waals surface area contributed by atoms with E-state index in [0.29, 0.717) is 43.1 Å². The Morgan fingerprint density at radius 3 is 2.61 bits per heavy atom. The van der Waals surface area contributed by atoms with Crippen LogP contribution in [0.5, 0.6) is 0 Å². The van der Waals surface area contributed by atoms with Crippen molar-refractivity contribution in [2.24, 2.45) is 4.99 Å². The molecule has 1 aliphatic heterocycles. The molecule has 6 N–H and O–H groups in total. The van der Waals surface area contributed by atoms with Gasteiger partial charge in [0.25, 0.3) is 0 Å². The van der Waals surface area contributed by atoms with Crippen molar-refractivity contribution < 1.29 is 39.1 Å². The Kier molecular flexibility index (Phi) is 13.8. The van der Waals surface area contributed by atoms with Gasteiger partial charge in [-0.25, -0.2) is 4.98 Å². The first-order chi connectivity index (χ1) is 17.3. The Hall–Kier alpha value is -2.17. The summed E-state index contributed by atoms with van der Waals surface area (Å²) in [6.07, 6.45) is -4.81. The first-order valence-corrected chi connectivity index (χ1v) is 11.9. The average molecular weight is 546 g/mol. The molecule has 2 rings (SSSR count). The van der Waals surface area contributed by atoms with Crippen molar-refractivity contribution in [3.05, 3.63) is 18.2 Å². The van der Waals surface area contributed by atoms with E-state index in [1.54, 1.807) is 18.2 Å². The third-order valence-electron chi connectivity index (χ3n) is 4.80.